The van der Waals surface area contributed by atoms with Crippen LogP contribution in [0.1, 0.15) is 53.9 Å². The molecule has 1 aromatic carbocycles. The molecule has 1 aliphatic carbocycles. The van der Waals surface area contributed by atoms with Crippen LogP contribution in [-0.4, -0.2) is 40.3 Å². The smallest absolute Gasteiger partial charge is 0.330 e. The number of rotatable bonds is 5. The summed E-state index contributed by atoms with van der Waals surface area (Å²) in [6.45, 7) is 3.25. The first-order chi connectivity index (χ1) is 14.0. The standard InChI is InChI=1S/C24H30N2O3/c1-5-28-23(27)10-9-18-15-20-19(7-6-8-22(20)29-18)17-13-16-11-12-26(4)24(16)21(14-17)25(2)3/h9-10,13-15,19H,5-8,11-12H2,1-4H3/b10-9+. The molecular formula is C24H30N2O3. The number of fused-ring (bicyclic) bond motifs is 2. The van der Waals surface area contributed by atoms with Crippen molar-refractivity contribution >= 4 is 23.4 Å². The molecular weight excluding hydrogens is 364 g/mol. The number of benzene rings is 1. The summed E-state index contributed by atoms with van der Waals surface area (Å²) in [4.78, 5) is 16.2. The largest absolute Gasteiger partial charge is 0.463 e. The molecule has 0 spiro atoms. The van der Waals surface area contributed by atoms with Gasteiger partial charge in [-0.15, -0.1) is 0 Å². The molecule has 0 saturated carbocycles. The Labute approximate surface area is 172 Å². The first-order valence-corrected chi connectivity index (χ1v) is 10.5. The highest BCUT2D eigenvalue weighted by Crippen LogP contribution is 2.44. The van der Waals surface area contributed by atoms with Gasteiger partial charge in [-0.05, 0) is 55.5 Å². The highest BCUT2D eigenvalue weighted by Gasteiger charge is 2.29. The van der Waals surface area contributed by atoms with Gasteiger partial charge in [0.2, 0.25) is 0 Å². The lowest BCUT2D eigenvalue weighted by atomic mass is 9.81. The minimum Gasteiger partial charge on any atom is -0.463 e. The third-order valence-electron chi connectivity index (χ3n) is 5.98. The molecule has 0 bridgehead atoms. The van der Waals surface area contributed by atoms with E-state index in [1.54, 1.807) is 13.0 Å². The van der Waals surface area contributed by atoms with Crippen molar-refractivity contribution in [3.05, 3.63) is 52.5 Å². The Morgan fingerprint density at radius 3 is 2.90 bits per heavy atom. The maximum Gasteiger partial charge on any atom is 0.330 e. The van der Waals surface area contributed by atoms with Gasteiger partial charge in [-0.1, -0.05) is 6.07 Å². The summed E-state index contributed by atoms with van der Waals surface area (Å²) in [5.41, 5.74) is 6.71. The van der Waals surface area contributed by atoms with E-state index in [0.717, 1.165) is 43.7 Å². The van der Waals surface area contributed by atoms with Crippen LogP contribution in [0.2, 0.25) is 0 Å². The summed E-state index contributed by atoms with van der Waals surface area (Å²) in [6, 6.07) is 6.85. The van der Waals surface area contributed by atoms with Gasteiger partial charge >= 0.3 is 5.97 Å². The first-order valence-electron chi connectivity index (χ1n) is 10.5. The highest BCUT2D eigenvalue weighted by molar-refractivity contribution is 5.86. The maximum absolute atomic E-state index is 11.6. The fourth-order valence-electron chi connectivity index (χ4n) is 4.62. The van der Waals surface area contributed by atoms with E-state index in [0.29, 0.717) is 12.5 Å². The molecule has 0 amide bonds. The molecule has 2 heterocycles. The molecule has 0 saturated heterocycles. The summed E-state index contributed by atoms with van der Waals surface area (Å²) in [5.74, 6) is 1.77. The maximum atomic E-state index is 11.6. The Hall–Kier alpha value is -2.69. The predicted octanol–water partition coefficient (Wildman–Crippen LogP) is 4.38. The van der Waals surface area contributed by atoms with Crippen molar-refractivity contribution in [1.82, 2.24) is 0 Å². The van der Waals surface area contributed by atoms with Crippen LogP contribution >= 0.6 is 0 Å². The molecule has 2 aromatic rings. The number of aryl methyl sites for hydroxylation is 1. The number of carbonyl (C=O) groups excluding carboxylic acids is 1. The summed E-state index contributed by atoms with van der Waals surface area (Å²) in [7, 11) is 6.41. The van der Waals surface area contributed by atoms with Crippen molar-refractivity contribution in [2.75, 3.05) is 44.1 Å². The average molecular weight is 395 g/mol. The number of esters is 1. The van der Waals surface area contributed by atoms with Crippen molar-refractivity contribution < 1.29 is 13.9 Å². The molecule has 4 rings (SSSR count). The van der Waals surface area contributed by atoms with Gasteiger partial charge in [-0.2, -0.15) is 0 Å². The summed E-state index contributed by atoms with van der Waals surface area (Å²) < 4.78 is 11.0. The van der Waals surface area contributed by atoms with Gasteiger partial charge in [0.25, 0.3) is 0 Å². The molecule has 0 fully saturated rings. The zero-order chi connectivity index (χ0) is 20.5. The number of likely N-dealkylation sites (N-methyl/N-ethyl adjacent to an activating group) is 1. The van der Waals surface area contributed by atoms with E-state index in [1.165, 1.54) is 34.1 Å². The monoisotopic (exact) mass is 394 g/mol. The normalized spacial score (nSPS) is 18.1. The van der Waals surface area contributed by atoms with Gasteiger partial charge in [0.15, 0.2) is 0 Å². The Balaban J connectivity index is 1.68. The Bertz CT molecular complexity index is 942. The second kappa shape index (κ2) is 7.97. The molecule has 29 heavy (non-hydrogen) atoms. The number of furan rings is 1. The molecule has 2 aliphatic rings. The van der Waals surface area contributed by atoms with Crippen LogP contribution in [0.25, 0.3) is 6.08 Å². The predicted molar refractivity (Wildman–Crippen MR) is 117 cm³/mol. The van der Waals surface area contributed by atoms with Gasteiger partial charge in [0, 0.05) is 51.7 Å². The molecule has 5 heteroatoms. The molecule has 0 N–H and O–H groups in total. The molecule has 5 nitrogen and oxygen atoms in total. The Morgan fingerprint density at radius 2 is 2.14 bits per heavy atom. The topological polar surface area (TPSA) is 45.9 Å². The number of hydrogen-bond donors (Lipinski definition) is 0. The average Bonchev–Trinajstić information content (AvgIpc) is 3.29. The number of ether oxygens (including phenoxy) is 1. The lowest BCUT2D eigenvalue weighted by Crippen LogP contribution is -2.18. The molecule has 1 aromatic heterocycles. The molecule has 0 radical (unpaired) electrons. The van der Waals surface area contributed by atoms with E-state index in [-0.39, 0.29) is 5.97 Å². The number of hydrogen-bond acceptors (Lipinski definition) is 5. The van der Waals surface area contributed by atoms with Gasteiger partial charge in [-0.25, -0.2) is 4.79 Å². The van der Waals surface area contributed by atoms with E-state index < -0.39 is 0 Å². The second-order valence-electron chi connectivity index (χ2n) is 8.17. The van der Waals surface area contributed by atoms with Crippen LogP contribution < -0.4 is 9.80 Å². The van der Waals surface area contributed by atoms with Crippen LogP contribution in [0.3, 0.4) is 0 Å². The molecule has 1 aliphatic heterocycles. The van der Waals surface area contributed by atoms with E-state index in [2.05, 4.69) is 49.1 Å². The summed E-state index contributed by atoms with van der Waals surface area (Å²) in [5, 5.41) is 0. The molecule has 154 valence electrons. The third kappa shape index (κ3) is 3.78. The van der Waals surface area contributed by atoms with E-state index in [1.807, 2.05) is 0 Å². The van der Waals surface area contributed by atoms with Crippen LogP contribution in [0, 0.1) is 0 Å². The summed E-state index contributed by atoms with van der Waals surface area (Å²) >= 11 is 0. The minimum atomic E-state index is -0.336. The number of carbonyl (C=O) groups is 1. The minimum absolute atomic E-state index is 0.335. The SMILES string of the molecule is CCOC(=O)/C=C/c1cc2c(o1)CCCC2c1cc2c(c(N(C)C)c1)N(C)CC2. The van der Waals surface area contributed by atoms with Gasteiger partial charge in [-0.3, -0.25) is 0 Å². The van der Waals surface area contributed by atoms with Gasteiger partial charge in [0.1, 0.15) is 11.5 Å². The summed E-state index contributed by atoms with van der Waals surface area (Å²) in [6.07, 6.45) is 7.44. The lowest BCUT2D eigenvalue weighted by Gasteiger charge is -2.27. The van der Waals surface area contributed by atoms with Gasteiger partial charge < -0.3 is 19.0 Å². The molecule has 1 unspecified atom stereocenters. The second-order valence-corrected chi connectivity index (χ2v) is 8.17. The zero-order valence-corrected chi connectivity index (χ0v) is 17.8. The van der Waals surface area contributed by atoms with Gasteiger partial charge in [0.05, 0.1) is 18.0 Å². The van der Waals surface area contributed by atoms with Crippen molar-refractivity contribution in [1.29, 1.82) is 0 Å². The van der Waals surface area contributed by atoms with Crippen molar-refractivity contribution in [2.24, 2.45) is 0 Å². The van der Waals surface area contributed by atoms with Crippen LogP contribution in [0.5, 0.6) is 0 Å². The number of anilines is 2. The van der Waals surface area contributed by atoms with Crippen LogP contribution in [0.4, 0.5) is 11.4 Å². The number of nitrogens with zero attached hydrogens (tertiary/aromatic N) is 2. The van der Waals surface area contributed by atoms with Crippen LogP contribution in [0.15, 0.2) is 28.7 Å². The van der Waals surface area contributed by atoms with E-state index in [4.69, 9.17) is 9.15 Å². The Morgan fingerprint density at radius 1 is 1.31 bits per heavy atom. The quantitative estimate of drug-likeness (QED) is 0.556. The van der Waals surface area contributed by atoms with Crippen molar-refractivity contribution in [2.45, 2.75) is 38.5 Å². The van der Waals surface area contributed by atoms with E-state index >= 15 is 0 Å². The van der Waals surface area contributed by atoms with E-state index in [9.17, 15) is 4.79 Å². The van der Waals surface area contributed by atoms with Crippen LogP contribution in [-0.2, 0) is 22.4 Å². The van der Waals surface area contributed by atoms with Crippen molar-refractivity contribution in [3.63, 3.8) is 0 Å². The fourth-order valence-corrected chi connectivity index (χ4v) is 4.62. The fraction of sp³-hybridized carbons (Fsp3) is 0.458. The first kappa shape index (κ1) is 19.6. The Kier molecular flexibility index (Phi) is 5.39. The zero-order valence-electron chi connectivity index (χ0n) is 17.8. The highest BCUT2D eigenvalue weighted by atomic mass is 16.5. The third-order valence-corrected chi connectivity index (χ3v) is 5.98. The molecule has 1 atom stereocenters. The lowest BCUT2D eigenvalue weighted by molar-refractivity contribution is -0.137. The van der Waals surface area contributed by atoms with Crippen molar-refractivity contribution in [3.8, 4) is 0 Å².